The van der Waals surface area contributed by atoms with Gasteiger partial charge in [0.25, 0.3) is 0 Å². The lowest BCUT2D eigenvalue weighted by Crippen LogP contribution is -2.14. The topological polar surface area (TPSA) is 55.1 Å². The molecule has 0 unspecified atom stereocenters. The Bertz CT molecular complexity index is 636. The summed E-state index contributed by atoms with van der Waals surface area (Å²) in [4.78, 5) is 12.5. The Morgan fingerprint density at radius 2 is 2.10 bits per heavy atom. The van der Waals surface area contributed by atoms with Crippen LogP contribution in [0.25, 0.3) is 0 Å². The third kappa shape index (κ3) is 4.15. The first-order chi connectivity index (χ1) is 9.54. The molecule has 0 radical (unpaired) electrons. The maximum atomic E-state index is 13.0. The van der Waals surface area contributed by atoms with E-state index in [-0.39, 0.29) is 11.7 Å². The number of hydrogen-bond donors (Lipinski definition) is 2. The van der Waals surface area contributed by atoms with Gasteiger partial charge < -0.3 is 11.1 Å². The zero-order chi connectivity index (χ0) is 14.5. The minimum absolute atomic E-state index is 0.181. The summed E-state index contributed by atoms with van der Waals surface area (Å²) in [5.74, 6) is -0.439. The molecule has 0 bridgehead atoms. The predicted octanol–water partition coefficient (Wildman–Crippen LogP) is 3.79. The van der Waals surface area contributed by atoms with Crippen molar-refractivity contribution >= 4 is 40.6 Å². The smallest absolute Gasteiger partial charge is 0.234 e. The van der Waals surface area contributed by atoms with Crippen molar-refractivity contribution in [2.75, 3.05) is 16.8 Å². The molecule has 3 nitrogen and oxygen atoms in total. The van der Waals surface area contributed by atoms with E-state index in [1.54, 1.807) is 24.3 Å². The van der Waals surface area contributed by atoms with Gasteiger partial charge in [0.2, 0.25) is 5.91 Å². The summed E-state index contributed by atoms with van der Waals surface area (Å²) in [6, 6.07) is 10.9. The fourth-order valence-electron chi connectivity index (χ4n) is 1.54. The lowest BCUT2D eigenvalue weighted by molar-refractivity contribution is -0.113. The van der Waals surface area contributed by atoms with Crippen LogP contribution in [0.2, 0.25) is 5.02 Å². The van der Waals surface area contributed by atoms with Crippen LogP contribution in [-0.4, -0.2) is 11.7 Å². The monoisotopic (exact) mass is 310 g/mol. The summed E-state index contributed by atoms with van der Waals surface area (Å²) in [6.45, 7) is 0. The van der Waals surface area contributed by atoms with Gasteiger partial charge in [0, 0.05) is 16.3 Å². The Hall–Kier alpha value is -1.72. The Morgan fingerprint density at radius 3 is 2.80 bits per heavy atom. The van der Waals surface area contributed by atoms with Crippen LogP contribution in [0, 0.1) is 5.82 Å². The standard InChI is InChI=1S/C14H12ClFN2OS/c15-12-7-10(17)4-5-13(12)20-8-14(19)18-11-3-1-2-9(16)6-11/h1-7H,8,17H2,(H,18,19). The van der Waals surface area contributed by atoms with Gasteiger partial charge in [0.05, 0.1) is 10.8 Å². The van der Waals surface area contributed by atoms with Gasteiger partial charge in [0.15, 0.2) is 0 Å². The molecule has 0 saturated carbocycles. The van der Waals surface area contributed by atoms with E-state index < -0.39 is 5.82 Å². The molecule has 1 amide bonds. The highest BCUT2D eigenvalue weighted by Crippen LogP contribution is 2.28. The highest BCUT2D eigenvalue weighted by Gasteiger charge is 2.07. The lowest BCUT2D eigenvalue weighted by atomic mass is 10.3. The number of hydrogen-bond acceptors (Lipinski definition) is 3. The number of amides is 1. The molecule has 0 heterocycles. The molecule has 2 aromatic carbocycles. The lowest BCUT2D eigenvalue weighted by Gasteiger charge is -2.06. The van der Waals surface area contributed by atoms with Crippen LogP contribution in [0.3, 0.4) is 0 Å². The Balaban J connectivity index is 1.92. The summed E-state index contributed by atoms with van der Waals surface area (Å²) in [6.07, 6.45) is 0. The van der Waals surface area contributed by atoms with Gasteiger partial charge in [-0.25, -0.2) is 4.39 Å². The van der Waals surface area contributed by atoms with Gasteiger partial charge in [-0.3, -0.25) is 4.79 Å². The van der Waals surface area contributed by atoms with E-state index in [0.717, 1.165) is 4.90 Å². The quantitative estimate of drug-likeness (QED) is 0.667. The van der Waals surface area contributed by atoms with Crippen molar-refractivity contribution in [3.8, 4) is 0 Å². The van der Waals surface area contributed by atoms with Crippen molar-refractivity contribution in [1.82, 2.24) is 0 Å². The van der Waals surface area contributed by atoms with Crippen LogP contribution in [0.1, 0.15) is 0 Å². The van der Waals surface area contributed by atoms with E-state index in [2.05, 4.69) is 5.32 Å². The number of benzene rings is 2. The highest BCUT2D eigenvalue weighted by molar-refractivity contribution is 8.00. The first kappa shape index (κ1) is 14.7. The van der Waals surface area contributed by atoms with E-state index >= 15 is 0 Å². The molecule has 0 aliphatic rings. The maximum absolute atomic E-state index is 13.0. The van der Waals surface area contributed by atoms with Crippen molar-refractivity contribution in [1.29, 1.82) is 0 Å². The summed E-state index contributed by atoms with van der Waals surface area (Å²) in [7, 11) is 0. The molecule has 0 saturated heterocycles. The van der Waals surface area contributed by atoms with Gasteiger partial charge in [-0.15, -0.1) is 11.8 Å². The molecule has 0 atom stereocenters. The van der Waals surface area contributed by atoms with Crippen molar-refractivity contribution < 1.29 is 9.18 Å². The molecule has 0 aliphatic carbocycles. The molecule has 3 N–H and O–H groups in total. The Labute approximate surface area is 125 Å². The Kier molecular flexibility index (Phi) is 4.87. The summed E-state index contributed by atoms with van der Waals surface area (Å²) >= 11 is 7.31. The van der Waals surface area contributed by atoms with Crippen molar-refractivity contribution in [3.63, 3.8) is 0 Å². The summed E-state index contributed by atoms with van der Waals surface area (Å²) in [5, 5.41) is 3.12. The summed E-state index contributed by atoms with van der Waals surface area (Å²) < 4.78 is 13.0. The van der Waals surface area contributed by atoms with Crippen molar-refractivity contribution in [2.45, 2.75) is 4.90 Å². The average molecular weight is 311 g/mol. The molecule has 0 spiro atoms. The van der Waals surface area contributed by atoms with Gasteiger partial charge in [-0.05, 0) is 36.4 Å². The van der Waals surface area contributed by atoms with E-state index in [1.807, 2.05) is 0 Å². The second-order valence-corrected chi connectivity index (χ2v) is 5.46. The number of thioether (sulfide) groups is 1. The molecule has 6 heteroatoms. The Morgan fingerprint density at radius 1 is 1.30 bits per heavy atom. The number of nitrogens with one attached hydrogen (secondary N) is 1. The SMILES string of the molecule is Nc1ccc(SCC(=O)Nc2cccc(F)c2)c(Cl)c1. The van der Waals surface area contributed by atoms with E-state index in [0.29, 0.717) is 16.4 Å². The number of nitrogens with two attached hydrogens (primary N) is 1. The van der Waals surface area contributed by atoms with E-state index in [1.165, 1.54) is 30.0 Å². The second kappa shape index (κ2) is 6.63. The third-order valence-electron chi connectivity index (χ3n) is 2.42. The van der Waals surface area contributed by atoms with Crippen molar-refractivity contribution in [3.05, 3.63) is 53.3 Å². The van der Waals surface area contributed by atoms with E-state index in [9.17, 15) is 9.18 Å². The summed E-state index contributed by atoms with van der Waals surface area (Å²) in [5.41, 5.74) is 6.59. The number of carbonyl (C=O) groups excluding carboxylic acids is 1. The van der Waals surface area contributed by atoms with Gasteiger partial charge >= 0.3 is 0 Å². The van der Waals surface area contributed by atoms with Crippen LogP contribution in [-0.2, 0) is 4.79 Å². The predicted molar refractivity (Wildman–Crippen MR) is 81.6 cm³/mol. The molecular formula is C14H12ClFN2OS. The molecule has 0 fully saturated rings. The fraction of sp³-hybridized carbons (Fsp3) is 0.0714. The molecule has 104 valence electrons. The van der Waals surface area contributed by atoms with Crippen LogP contribution in [0.4, 0.5) is 15.8 Å². The van der Waals surface area contributed by atoms with Gasteiger partial charge in [-0.2, -0.15) is 0 Å². The highest BCUT2D eigenvalue weighted by atomic mass is 35.5. The average Bonchev–Trinajstić information content (AvgIpc) is 2.37. The molecule has 20 heavy (non-hydrogen) atoms. The first-order valence-corrected chi connectivity index (χ1v) is 7.14. The zero-order valence-corrected chi connectivity index (χ0v) is 12.0. The zero-order valence-electron chi connectivity index (χ0n) is 10.4. The molecule has 2 rings (SSSR count). The van der Waals surface area contributed by atoms with Crippen LogP contribution in [0.5, 0.6) is 0 Å². The number of nitrogen functional groups attached to an aromatic ring is 1. The molecular weight excluding hydrogens is 299 g/mol. The normalized spacial score (nSPS) is 10.3. The van der Waals surface area contributed by atoms with E-state index in [4.69, 9.17) is 17.3 Å². The second-order valence-electron chi connectivity index (χ2n) is 4.04. The minimum atomic E-state index is -0.392. The van der Waals surface area contributed by atoms with Gasteiger partial charge in [-0.1, -0.05) is 17.7 Å². The van der Waals surface area contributed by atoms with Crippen LogP contribution in [0.15, 0.2) is 47.4 Å². The molecule has 0 aromatic heterocycles. The number of halogens is 2. The van der Waals surface area contributed by atoms with Gasteiger partial charge in [0.1, 0.15) is 5.82 Å². The van der Waals surface area contributed by atoms with Crippen molar-refractivity contribution in [2.24, 2.45) is 0 Å². The van der Waals surface area contributed by atoms with Crippen LogP contribution >= 0.6 is 23.4 Å². The third-order valence-corrected chi connectivity index (χ3v) is 3.92. The van der Waals surface area contributed by atoms with Crippen LogP contribution < -0.4 is 11.1 Å². The molecule has 0 aliphatic heterocycles. The number of carbonyl (C=O) groups is 1. The number of rotatable bonds is 4. The maximum Gasteiger partial charge on any atom is 0.234 e. The minimum Gasteiger partial charge on any atom is -0.399 e. The molecule has 2 aromatic rings. The largest absolute Gasteiger partial charge is 0.399 e. The fourth-order valence-corrected chi connectivity index (χ4v) is 2.61. The number of anilines is 2. The first-order valence-electron chi connectivity index (χ1n) is 5.78.